The van der Waals surface area contributed by atoms with Gasteiger partial charge in [0.05, 0.1) is 7.57 Å². The Morgan fingerprint density at radius 1 is 1.42 bits per heavy atom. The lowest BCUT2D eigenvalue weighted by Gasteiger charge is -2.21. The highest BCUT2D eigenvalue weighted by Gasteiger charge is 2.25. The zero-order valence-corrected chi connectivity index (χ0v) is 15.9. The molecular formula is C11H18Br2N2O2S2. The SMILES string of the molecule is CC(C)C(N)CCN(C)S(=O)(=O)c1cc(Br)sc1Br. The maximum atomic E-state index is 12.4. The number of halogens is 2. The second kappa shape index (κ2) is 7.00. The molecule has 0 aromatic carbocycles. The summed E-state index contributed by atoms with van der Waals surface area (Å²) in [4.78, 5) is 0.296. The molecule has 0 saturated carbocycles. The van der Waals surface area contributed by atoms with Crippen molar-refractivity contribution in [2.24, 2.45) is 11.7 Å². The van der Waals surface area contributed by atoms with Crippen LogP contribution in [0.15, 0.2) is 18.5 Å². The zero-order chi connectivity index (χ0) is 14.8. The maximum absolute atomic E-state index is 12.4. The van der Waals surface area contributed by atoms with E-state index in [4.69, 9.17) is 5.73 Å². The molecule has 0 fully saturated rings. The molecule has 1 atom stereocenters. The Labute approximate surface area is 135 Å². The van der Waals surface area contributed by atoms with Crippen LogP contribution >= 0.6 is 43.2 Å². The molecule has 110 valence electrons. The molecule has 0 saturated heterocycles. The van der Waals surface area contributed by atoms with E-state index in [1.165, 1.54) is 15.6 Å². The van der Waals surface area contributed by atoms with Crippen LogP contribution in [0.25, 0.3) is 0 Å². The van der Waals surface area contributed by atoms with Crippen LogP contribution in [0.1, 0.15) is 20.3 Å². The van der Waals surface area contributed by atoms with Crippen molar-refractivity contribution < 1.29 is 8.42 Å². The van der Waals surface area contributed by atoms with Gasteiger partial charge in [-0.05, 0) is 50.3 Å². The zero-order valence-electron chi connectivity index (χ0n) is 11.1. The minimum absolute atomic E-state index is 0.00954. The molecule has 0 spiro atoms. The topological polar surface area (TPSA) is 63.4 Å². The lowest BCUT2D eigenvalue weighted by Crippen LogP contribution is -2.34. The number of nitrogens with two attached hydrogens (primary N) is 1. The van der Waals surface area contributed by atoms with E-state index < -0.39 is 10.0 Å². The maximum Gasteiger partial charge on any atom is 0.244 e. The fourth-order valence-electron chi connectivity index (χ4n) is 1.45. The second-order valence-electron chi connectivity index (χ2n) is 4.71. The van der Waals surface area contributed by atoms with E-state index in [9.17, 15) is 8.42 Å². The van der Waals surface area contributed by atoms with Crippen LogP contribution in [0.5, 0.6) is 0 Å². The van der Waals surface area contributed by atoms with Crippen LogP contribution < -0.4 is 5.73 Å². The minimum Gasteiger partial charge on any atom is -0.327 e. The van der Waals surface area contributed by atoms with Crippen molar-refractivity contribution in [3.63, 3.8) is 0 Å². The Balaban J connectivity index is 2.81. The summed E-state index contributed by atoms with van der Waals surface area (Å²) in [7, 11) is -1.88. The standard InChI is InChI=1S/C11H18Br2N2O2S2/c1-7(2)8(14)4-5-15(3)19(16,17)9-6-10(12)18-11(9)13/h6-8H,4-5,14H2,1-3H3. The monoisotopic (exact) mass is 432 g/mol. The smallest absolute Gasteiger partial charge is 0.244 e. The van der Waals surface area contributed by atoms with Crippen molar-refractivity contribution in [2.75, 3.05) is 13.6 Å². The molecular weight excluding hydrogens is 416 g/mol. The molecule has 1 rings (SSSR count). The second-order valence-corrected chi connectivity index (χ2v) is 10.5. The Morgan fingerprint density at radius 2 is 2.00 bits per heavy atom. The normalized spacial score (nSPS) is 14.3. The number of nitrogens with zero attached hydrogens (tertiary/aromatic N) is 1. The molecule has 0 aliphatic heterocycles. The van der Waals surface area contributed by atoms with Gasteiger partial charge in [-0.1, -0.05) is 13.8 Å². The van der Waals surface area contributed by atoms with Gasteiger partial charge in [0.2, 0.25) is 10.0 Å². The van der Waals surface area contributed by atoms with Crippen LogP contribution in [0.2, 0.25) is 0 Å². The van der Waals surface area contributed by atoms with Crippen molar-refractivity contribution in [1.82, 2.24) is 4.31 Å². The molecule has 1 heterocycles. The molecule has 1 aromatic heterocycles. The lowest BCUT2D eigenvalue weighted by atomic mass is 10.0. The molecule has 8 heteroatoms. The van der Waals surface area contributed by atoms with E-state index >= 15 is 0 Å². The lowest BCUT2D eigenvalue weighted by molar-refractivity contribution is 0.397. The van der Waals surface area contributed by atoms with Crippen LogP contribution in [0.3, 0.4) is 0 Å². The van der Waals surface area contributed by atoms with E-state index in [2.05, 4.69) is 31.9 Å². The van der Waals surface area contributed by atoms with Gasteiger partial charge < -0.3 is 5.73 Å². The fourth-order valence-corrected chi connectivity index (χ4v) is 6.40. The summed E-state index contributed by atoms with van der Waals surface area (Å²) in [6, 6.07) is 1.62. The first-order valence-electron chi connectivity index (χ1n) is 5.83. The average Bonchev–Trinajstić information content (AvgIpc) is 2.65. The number of thiophene rings is 1. The third-order valence-corrected chi connectivity index (χ3v) is 7.56. The van der Waals surface area contributed by atoms with E-state index in [1.807, 2.05) is 13.8 Å². The first kappa shape index (κ1) is 17.6. The van der Waals surface area contributed by atoms with E-state index in [-0.39, 0.29) is 6.04 Å². The first-order valence-corrected chi connectivity index (χ1v) is 9.67. The Hall–Kier alpha value is 0.530. The molecule has 19 heavy (non-hydrogen) atoms. The molecule has 0 bridgehead atoms. The highest BCUT2D eigenvalue weighted by molar-refractivity contribution is 9.12. The van der Waals surface area contributed by atoms with Crippen molar-refractivity contribution in [3.8, 4) is 0 Å². The van der Waals surface area contributed by atoms with E-state index in [1.54, 1.807) is 13.1 Å². The van der Waals surface area contributed by atoms with E-state index in [0.717, 1.165) is 3.79 Å². The van der Waals surface area contributed by atoms with Crippen LogP contribution in [-0.2, 0) is 10.0 Å². The van der Waals surface area contributed by atoms with Gasteiger partial charge in [-0.15, -0.1) is 11.3 Å². The summed E-state index contributed by atoms with van der Waals surface area (Å²) in [6.45, 7) is 4.49. The van der Waals surface area contributed by atoms with Gasteiger partial charge in [-0.25, -0.2) is 12.7 Å². The summed E-state index contributed by atoms with van der Waals surface area (Å²) in [5, 5.41) is 0. The van der Waals surface area contributed by atoms with Gasteiger partial charge in [-0.3, -0.25) is 0 Å². The van der Waals surface area contributed by atoms with E-state index in [0.29, 0.717) is 27.6 Å². The number of hydrogen-bond donors (Lipinski definition) is 1. The Morgan fingerprint density at radius 3 is 2.42 bits per heavy atom. The van der Waals surface area contributed by atoms with Gasteiger partial charge in [0.1, 0.15) is 4.90 Å². The van der Waals surface area contributed by atoms with Crippen molar-refractivity contribution in [3.05, 3.63) is 13.6 Å². The molecule has 0 amide bonds. The molecule has 1 unspecified atom stereocenters. The minimum atomic E-state index is -3.46. The predicted octanol–water partition coefficient (Wildman–Crippen LogP) is 3.27. The Kier molecular flexibility index (Phi) is 6.47. The molecule has 1 aromatic rings. The van der Waals surface area contributed by atoms with Gasteiger partial charge >= 0.3 is 0 Å². The van der Waals surface area contributed by atoms with Crippen molar-refractivity contribution in [2.45, 2.75) is 31.2 Å². The van der Waals surface area contributed by atoms with Gasteiger partial charge in [0, 0.05) is 19.6 Å². The average molecular weight is 434 g/mol. The van der Waals surface area contributed by atoms with Gasteiger partial charge in [-0.2, -0.15) is 0 Å². The predicted molar refractivity (Wildman–Crippen MR) is 87.0 cm³/mol. The van der Waals surface area contributed by atoms with Crippen LogP contribution in [-0.4, -0.2) is 32.4 Å². The van der Waals surface area contributed by atoms with Crippen molar-refractivity contribution in [1.29, 1.82) is 0 Å². The van der Waals surface area contributed by atoms with Gasteiger partial charge in [0.25, 0.3) is 0 Å². The Bertz CT molecular complexity index is 529. The van der Waals surface area contributed by atoms with Crippen molar-refractivity contribution >= 4 is 53.2 Å². The molecule has 0 aliphatic rings. The largest absolute Gasteiger partial charge is 0.327 e. The number of sulfonamides is 1. The third kappa shape index (κ3) is 4.50. The summed E-state index contributed by atoms with van der Waals surface area (Å²) in [6.07, 6.45) is 0.649. The summed E-state index contributed by atoms with van der Waals surface area (Å²) >= 11 is 7.92. The molecule has 0 aliphatic carbocycles. The summed E-state index contributed by atoms with van der Waals surface area (Å²) in [5.41, 5.74) is 5.94. The number of rotatable bonds is 6. The third-order valence-electron chi connectivity index (χ3n) is 2.95. The highest BCUT2D eigenvalue weighted by atomic mass is 79.9. The molecule has 4 nitrogen and oxygen atoms in total. The van der Waals surface area contributed by atoms with Crippen LogP contribution in [0.4, 0.5) is 0 Å². The molecule has 2 N–H and O–H groups in total. The summed E-state index contributed by atoms with van der Waals surface area (Å²) < 4.78 is 27.5. The summed E-state index contributed by atoms with van der Waals surface area (Å²) in [5.74, 6) is 0.345. The quantitative estimate of drug-likeness (QED) is 0.748. The first-order chi connectivity index (χ1) is 8.66. The number of hydrogen-bond acceptors (Lipinski definition) is 4. The molecule has 0 radical (unpaired) electrons. The highest BCUT2D eigenvalue weighted by Crippen LogP contribution is 2.36. The fraction of sp³-hybridized carbons (Fsp3) is 0.636. The van der Waals surface area contributed by atoms with Gasteiger partial charge in [0.15, 0.2) is 0 Å². The van der Waals surface area contributed by atoms with Crippen LogP contribution in [0, 0.1) is 5.92 Å².